The highest BCUT2D eigenvalue weighted by Gasteiger charge is 2.16. The summed E-state index contributed by atoms with van der Waals surface area (Å²) in [6.07, 6.45) is 4.40. The lowest BCUT2D eigenvalue weighted by Crippen LogP contribution is -2.28. The molecule has 7 heteroatoms. The number of aryl methyl sites for hydroxylation is 1. The van der Waals surface area contributed by atoms with E-state index in [9.17, 15) is 9.59 Å². The first-order valence-electron chi connectivity index (χ1n) is 6.69. The standard InChI is InChI=1S/C13H22N4O3/c1-13(2,3)20-12(19)6-5-11(18)14-7-4-9-17-10-8-15-16-17/h8,10H,4-7,9H2,1-3H3,(H,14,18). The molecule has 0 spiro atoms. The van der Waals surface area contributed by atoms with E-state index in [1.165, 1.54) is 0 Å². The highest BCUT2D eigenvalue weighted by Crippen LogP contribution is 2.08. The monoisotopic (exact) mass is 282 g/mol. The molecule has 1 heterocycles. The number of carbonyl (C=O) groups excluding carboxylic acids is 2. The fourth-order valence-electron chi connectivity index (χ4n) is 1.52. The minimum atomic E-state index is -0.509. The number of nitrogens with one attached hydrogen (secondary N) is 1. The lowest BCUT2D eigenvalue weighted by Gasteiger charge is -2.19. The second-order valence-corrected chi connectivity index (χ2v) is 5.46. The fourth-order valence-corrected chi connectivity index (χ4v) is 1.52. The molecular weight excluding hydrogens is 260 g/mol. The van der Waals surface area contributed by atoms with E-state index >= 15 is 0 Å². The van der Waals surface area contributed by atoms with Gasteiger partial charge in [-0.05, 0) is 27.2 Å². The molecule has 1 N–H and O–H groups in total. The van der Waals surface area contributed by atoms with Gasteiger partial charge in [0.25, 0.3) is 0 Å². The SMILES string of the molecule is CC(C)(C)OC(=O)CCC(=O)NCCCn1ccnn1. The zero-order chi connectivity index (χ0) is 15.0. The van der Waals surface area contributed by atoms with Gasteiger partial charge in [-0.15, -0.1) is 5.10 Å². The van der Waals surface area contributed by atoms with Crippen LogP contribution in [-0.2, 0) is 20.9 Å². The summed E-state index contributed by atoms with van der Waals surface area (Å²) in [4.78, 5) is 22.9. The molecule has 1 rings (SSSR count). The van der Waals surface area contributed by atoms with Gasteiger partial charge in [-0.2, -0.15) is 0 Å². The number of amides is 1. The molecule has 0 atom stereocenters. The molecule has 0 bridgehead atoms. The number of carbonyl (C=O) groups is 2. The molecule has 0 aromatic carbocycles. The maximum atomic E-state index is 11.5. The third-order valence-electron chi connectivity index (χ3n) is 2.33. The molecule has 0 fully saturated rings. The lowest BCUT2D eigenvalue weighted by molar-refractivity contribution is -0.155. The molecule has 0 saturated heterocycles. The summed E-state index contributed by atoms with van der Waals surface area (Å²) in [5, 5.41) is 10.3. The molecule has 0 aliphatic rings. The molecule has 0 aliphatic heterocycles. The Morgan fingerprint density at radius 1 is 1.30 bits per heavy atom. The van der Waals surface area contributed by atoms with Crippen LogP contribution in [0.5, 0.6) is 0 Å². The number of hydrogen-bond acceptors (Lipinski definition) is 5. The number of hydrogen-bond donors (Lipinski definition) is 1. The Labute approximate surface area is 118 Å². The van der Waals surface area contributed by atoms with Gasteiger partial charge in [-0.1, -0.05) is 5.21 Å². The summed E-state index contributed by atoms with van der Waals surface area (Å²) in [5.74, 6) is -0.496. The normalized spacial score (nSPS) is 11.2. The highest BCUT2D eigenvalue weighted by molar-refractivity contribution is 5.81. The maximum absolute atomic E-state index is 11.5. The van der Waals surface area contributed by atoms with Gasteiger partial charge in [0.05, 0.1) is 12.6 Å². The second-order valence-electron chi connectivity index (χ2n) is 5.46. The van der Waals surface area contributed by atoms with E-state index in [-0.39, 0.29) is 24.7 Å². The van der Waals surface area contributed by atoms with E-state index in [0.29, 0.717) is 13.1 Å². The molecule has 0 saturated carbocycles. The quantitative estimate of drug-likeness (QED) is 0.593. The second kappa shape index (κ2) is 7.62. The third-order valence-corrected chi connectivity index (χ3v) is 2.33. The van der Waals surface area contributed by atoms with Crippen LogP contribution in [0.3, 0.4) is 0 Å². The van der Waals surface area contributed by atoms with Crippen molar-refractivity contribution in [3.05, 3.63) is 12.4 Å². The van der Waals surface area contributed by atoms with Crippen molar-refractivity contribution in [2.24, 2.45) is 0 Å². The summed E-state index contributed by atoms with van der Waals surface area (Å²) in [7, 11) is 0. The van der Waals surface area contributed by atoms with Crippen LogP contribution in [0, 0.1) is 0 Å². The van der Waals surface area contributed by atoms with Crippen molar-refractivity contribution in [1.82, 2.24) is 20.3 Å². The highest BCUT2D eigenvalue weighted by atomic mass is 16.6. The first kappa shape index (κ1) is 16.1. The topological polar surface area (TPSA) is 86.1 Å². The van der Waals surface area contributed by atoms with Crippen LogP contribution in [0.15, 0.2) is 12.4 Å². The van der Waals surface area contributed by atoms with Crippen LogP contribution in [0.4, 0.5) is 0 Å². The van der Waals surface area contributed by atoms with E-state index in [2.05, 4.69) is 15.6 Å². The Morgan fingerprint density at radius 2 is 2.05 bits per heavy atom. The van der Waals surface area contributed by atoms with Crippen molar-refractivity contribution in [2.45, 2.75) is 52.2 Å². The number of esters is 1. The van der Waals surface area contributed by atoms with E-state index in [1.807, 2.05) is 0 Å². The molecule has 20 heavy (non-hydrogen) atoms. The summed E-state index contributed by atoms with van der Waals surface area (Å²) in [6, 6.07) is 0. The molecule has 1 amide bonds. The number of rotatable bonds is 7. The van der Waals surface area contributed by atoms with Crippen molar-refractivity contribution in [3.8, 4) is 0 Å². The van der Waals surface area contributed by atoms with Gasteiger partial charge < -0.3 is 10.1 Å². The van der Waals surface area contributed by atoms with Gasteiger partial charge in [0, 0.05) is 25.7 Å². The van der Waals surface area contributed by atoms with Gasteiger partial charge in [0.15, 0.2) is 0 Å². The molecule has 0 aliphatic carbocycles. The minimum Gasteiger partial charge on any atom is -0.460 e. The van der Waals surface area contributed by atoms with Gasteiger partial charge >= 0.3 is 5.97 Å². The smallest absolute Gasteiger partial charge is 0.306 e. The van der Waals surface area contributed by atoms with Crippen LogP contribution < -0.4 is 5.32 Å². The largest absolute Gasteiger partial charge is 0.460 e. The summed E-state index contributed by atoms with van der Waals surface area (Å²) in [6.45, 7) is 6.65. The predicted molar refractivity (Wildman–Crippen MR) is 72.7 cm³/mol. The molecule has 1 aromatic rings. The van der Waals surface area contributed by atoms with Crippen molar-refractivity contribution in [2.75, 3.05) is 6.54 Å². The minimum absolute atomic E-state index is 0.103. The van der Waals surface area contributed by atoms with E-state index in [1.54, 1.807) is 37.8 Å². The Kier molecular flexibility index (Phi) is 6.14. The zero-order valence-electron chi connectivity index (χ0n) is 12.3. The lowest BCUT2D eigenvalue weighted by atomic mass is 10.2. The Hall–Kier alpha value is -1.92. The van der Waals surface area contributed by atoms with Gasteiger partial charge in [0.2, 0.25) is 5.91 Å². The van der Waals surface area contributed by atoms with E-state index in [0.717, 1.165) is 6.42 Å². The molecular formula is C13H22N4O3. The molecule has 112 valence electrons. The third kappa shape index (κ3) is 7.50. The van der Waals surface area contributed by atoms with Crippen LogP contribution in [0.25, 0.3) is 0 Å². The number of nitrogens with zero attached hydrogens (tertiary/aromatic N) is 3. The maximum Gasteiger partial charge on any atom is 0.306 e. The van der Waals surface area contributed by atoms with E-state index in [4.69, 9.17) is 4.74 Å². The Balaban J connectivity index is 2.07. The van der Waals surface area contributed by atoms with Crippen molar-refractivity contribution in [3.63, 3.8) is 0 Å². The average molecular weight is 282 g/mol. The van der Waals surface area contributed by atoms with E-state index < -0.39 is 5.60 Å². The van der Waals surface area contributed by atoms with Gasteiger partial charge in [-0.25, -0.2) is 0 Å². The van der Waals surface area contributed by atoms with Crippen molar-refractivity contribution < 1.29 is 14.3 Å². The molecule has 0 unspecified atom stereocenters. The molecule has 0 radical (unpaired) electrons. The number of ether oxygens (including phenoxy) is 1. The molecule has 1 aromatic heterocycles. The Morgan fingerprint density at radius 3 is 2.65 bits per heavy atom. The van der Waals surface area contributed by atoms with Crippen LogP contribution in [-0.4, -0.2) is 39.0 Å². The fraction of sp³-hybridized carbons (Fsp3) is 0.692. The number of aromatic nitrogens is 3. The van der Waals surface area contributed by atoms with Crippen molar-refractivity contribution in [1.29, 1.82) is 0 Å². The van der Waals surface area contributed by atoms with Crippen LogP contribution >= 0.6 is 0 Å². The summed E-state index contributed by atoms with van der Waals surface area (Å²) >= 11 is 0. The van der Waals surface area contributed by atoms with Crippen LogP contribution in [0.1, 0.15) is 40.0 Å². The first-order valence-corrected chi connectivity index (χ1v) is 6.69. The predicted octanol–water partition coefficient (Wildman–Crippen LogP) is 0.906. The average Bonchev–Trinajstić information content (AvgIpc) is 2.83. The van der Waals surface area contributed by atoms with Gasteiger partial charge in [0.1, 0.15) is 5.60 Å². The van der Waals surface area contributed by atoms with Crippen LogP contribution in [0.2, 0.25) is 0 Å². The van der Waals surface area contributed by atoms with Crippen molar-refractivity contribution >= 4 is 11.9 Å². The Bertz CT molecular complexity index is 423. The zero-order valence-corrected chi connectivity index (χ0v) is 12.3. The van der Waals surface area contributed by atoms with Gasteiger partial charge in [-0.3, -0.25) is 14.3 Å². The summed E-state index contributed by atoms with van der Waals surface area (Å²) in [5.41, 5.74) is -0.509. The first-order chi connectivity index (χ1) is 9.37. The summed E-state index contributed by atoms with van der Waals surface area (Å²) < 4.78 is 6.83. The molecule has 7 nitrogen and oxygen atoms in total.